The maximum atomic E-state index is 12.5. The number of Topliss-reactive ketones (excluding diaryl/α,β-unsaturated/α-hetero) is 1. The van der Waals surface area contributed by atoms with Gasteiger partial charge in [0.1, 0.15) is 0 Å². The van der Waals surface area contributed by atoms with Crippen LogP contribution >= 0.6 is 23.2 Å². The Morgan fingerprint density at radius 2 is 1.92 bits per heavy atom. The monoisotopic (exact) mass is 390 g/mol. The minimum atomic E-state index is -0.504. The van der Waals surface area contributed by atoms with Crippen molar-refractivity contribution >= 4 is 52.2 Å². The molecule has 2 aromatic rings. The van der Waals surface area contributed by atoms with Crippen LogP contribution in [0.15, 0.2) is 42.5 Å². The van der Waals surface area contributed by atoms with Crippen LogP contribution in [0.3, 0.4) is 0 Å². The molecule has 1 aliphatic rings. The molecule has 0 saturated carbocycles. The molecule has 2 aromatic carbocycles. The van der Waals surface area contributed by atoms with Gasteiger partial charge in [-0.15, -0.1) is 0 Å². The lowest BCUT2D eigenvalue weighted by molar-refractivity contribution is -0.122. The van der Waals surface area contributed by atoms with E-state index in [0.717, 1.165) is 0 Å². The molecule has 0 aliphatic carbocycles. The predicted molar refractivity (Wildman–Crippen MR) is 102 cm³/mol. The number of anilines is 2. The smallest absolute Gasteiger partial charge is 0.229 e. The van der Waals surface area contributed by atoms with Crippen molar-refractivity contribution in [3.05, 3.63) is 58.1 Å². The van der Waals surface area contributed by atoms with Gasteiger partial charge in [-0.3, -0.25) is 14.4 Å². The van der Waals surface area contributed by atoms with Crippen molar-refractivity contribution in [2.24, 2.45) is 5.92 Å². The van der Waals surface area contributed by atoms with E-state index < -0.39 is 5.92 Å². The summed E-state index contributed by atoms with van der Waals surface area (Å²) in [7, 11) is 0. The zero-order valence-electron chi connectivity index (χ0n) is 14.0. The Bertz CT molecular complexity index is 898. The van der Waals surface area contributed by atoms with Gasteiger partial charge in [-0.2, -0.15) is 0 Å². The molecule has 0 radical (unpaired) electrons. The Balaban J connectivity index is 1.73. The van der Waals surface area contributed by atoms with Gasteiger partial charge in [0.05, 0.1) is 16.6 Å². The third-order valence-corrected chi connectivity index (χ3v) is 4.77. The molecule has 1 fully saturated rings. The van der Waals surface area contributed by atoms with Crippen molar-refractivity contribution in [2.75, 3.05) is 16.8 Å². The summed E-state index contributed by atoms with van der Waals surface area (Å²) in [6.07, 6.45) is 0.0944. The molecule has 2 amide bonds. The van der Waals surface area contributed by atoms with Crippen molar-refractivity contribution in [2.45, 2.75) is 13.3 Å². The maximum absolute atomic E-state index is 12.5. The molecule has 5 nitrogen and oxygen atoms in total. The van der Waals surface area contributed by atoms with Gasteiger partial charge >= 0.3 is 0 Å². The number of carbonyl (C=O) groups excluding carboxylic acids is 3. The lowest BCUT2D eigenvalue weighted by atomic mass is 10.1. The second kappa shape index (κ2) is 7.48. The van der Waals surface area contributed by atoms with E-state index in [-0.39, 0.29) is 30.6 Å². The molecule has 134 valence electrons. The van der Waals surface area contributed by atoms with Gasteiger partial charge in [0.2, 0.25) is 11.8 Å². The Hall–Kier alpha value is -2.37. The van der Waals surface area contributed by atoms with Crippen molar-refractivity contribution in [3.63, 3.8) is 0 Å². The molecule has 7 heteroatoms. The predicted octanol–water partition coefficient (Wildman–Crippen LogP) is 4.19. The van der Waals surface area contributed by atoms with E-state index in [9.17, 15) is 14.4 Å². The molecule has 0 bridgehead atoms. The Morgan fingerprint density at radius 1 is 1.15 bits per heavy atom. The minimum Gasteiger partial charge on any atom is -0.326 e. The number of benzene rings is 2. The van der Waals surface area contributed by atoms with Gasteiger partial charge in [-0.1, -0.05) is 35.3 Å². The first-order valence-electron chi connectivity index (χ1n) is 8.02. The highest BCUT2D eigenvalue weighted by atomic mass is 35.5. The summed E-state index contributed by atoms with van der Waals surface area (Å²) in [6.45, 7) is 1.70. The van der Waals surface area contributed by atoms with Crippen LogP contribution in [0.25, 0.3) is 0 Å². The second-order valence-corrected chi connectivity index (χ2v) is 6.97. The topological polar surface area (TPSA) is 66.5 Å². The van der Waals surface area contributed by atoms with E-state index in [0.29, 0.717) is 27.0 Å². The number of hydrogen-bond donors (Lipinski definition) is 1. The summed E-state index contributed by atoms with van der Waals surface area (Å²) >= 11 is 12.1. The maximum Gasteiger partial charge on any atom is 0.229 e. The summed E-state index contributed by atoms with van der Waals surface area (Å²) in [5.74, 6) is -1.03. The molecule has 1 atom stereocenters. The average Bonchev–Trinajstić information content (AvgIpc) is 2.97. The van der Waals surface area contributed by atoms with Crippen LogP contribution in [0.4, 0.5) is 11.4 Å². The fourth-order valence-corrected chi connectivity index (χ4v) is 3.39. The van der Waals surface area contributed by atoms with Crippen molar-refractivity contribution in [3.8, 4) is 0 Å². The molecule has 1 N–H and O–H groups in total. The van der Waals surface area contributed by atoms with Crippen LogP contribution in [0.1, 0.15) is 23.7 Å². The second-order valence-electron chi connectivity index (χ2n) is 6.13. The third kappa shape index (κ3) is 3.89. The summed E-state index contributed by atoms with van der Waals surface area (Å²) in [5.41, 5.74) is 1.58. The van der Waals surface area contributed by atoms with Crippen molar-refractivity contribution in [1.82, 2.24) is 0 Å². The van der Waals surface area contributed by atoms with Crippen LogP contribution in [0, 0.1) is 5.92 Å². The van der Waals surface area contributed by atoms with Gasteiger partial charge in [-0.25, -0.2) is 0 Å². The lowest BCUT2D eigenvalue weighted by Crippen LogP contribution is -2.28. The zero-order valence-corrected chi connectivity index (χ0v) is 15.5. The third-order valence-electron chi connectivity index (χ3n) is 4.23. The molecular weight excluding hydrogens is 375 g/mol. The highest BCUT2D eigenvalue weighted by Gasteiger charge is 2.36. The number of nitrogens with one attached hydrogen (secondary N) is 1. The van der Waals surface area contributed by atoms with Crippen LogP contribution in [0.2, 0.25) is 10.0 Å². The molecule has 1 saturated heterocycles. The van der Waals surface area contributed by atoms with Crippen LogP contribution in [0.5, 0.6) is 0 Å². The highest BCUT2D eigenvalue weighted by molar-refractivity contribution is 6.36. The molecule has 26 heavy (non-hydrogen) atoms. The first kappa shape index (κ1) is 18.4. The Labute approximate surface area is 160 Å². The summed E-state index contributed by atoms with van der Waals surface area (Å²) in [4.78, 5) is 37.8. The van der Waals surface area contributed by atoms with E-state index in [4.69, 9.17) is 23.2 Å². The standard InChI is InChI=1S/C19H16Cl2N2O3/c1-11(24)12-3-2-4-15(7-12)22-19(26)13-8-18(25)23(10-13)17-6-5-14(20)9-16(17)21/h2-7,9,13H,8,10H2,1H3,(H,22,26). The summed E-state index contributed by atoms with van der Waals surface area (Å²) in [6, 6.07) is 11.6. The fraction of sp³-hybridized carbons (Fsp3) is 0.211. The quantitative estimate of drug-likeness (QED) is 0.795. The first-order chi connectivity index (χ1) is 12.3. The minimum absolute atomic E-state index is 0.0827. The van der Waals surface area contributed by atoms with Crippen molar-refractivity contribution in [1.29, 1.82) is 0 Å². The van der Waals surface area contributed by atoms with Crippen LogP contribution < -0.4 is 10.2 Å². The SMILES string of the molecule is CC(=O)c1cccc(NC(=O)C2CC(=O)N(c3ccc(Cl)cc3Cl)C2)c1. The van der Waals surface area contributed by atoms with Gasteiger partial charge in [-0.05, 0) is 37.3 Å². The molecule has 1 aliphatic heterocycles. The Kier molecular flexibility index (Phi) is 5.30. The van der Waals surface area contributed by atoms with Crippen LogP contribution in [-0.2, 0) is 9.59 Å². The Morgan fingerprint density at radius 3 is 2.62 bits per heavy atom. The molecular formula is C19H16Cl2N2O3. The number of rotatable bonds is 4. The number of ketones is 1. The number of nitrogens with zero attached hydrogens (tertiary/aromatic N) is 1. The van der Waals surface area contributed by atoms with Gasteiger partial charge in [0.25, 0.3) is 0 Å². The largest absolute Gasteiger partial charge is 0.326 e. The summed E-state index contributed by atoms with van der Waals surface area (Å²) < 4.78 is 0. The molecule has 0 spiro atoms. The number of amides is 2. The van der Waals surface area contributed by atoms with E-state index in [2.05, 4.69) is 5.32 Å². The van der Waals surface area contributed by atoms with E-state index in [1.165, 1.54) is 11.8 Å². The average molecular weight is 391 g/mol. The normalized spacial score (nSPS) is 16.7. The lowest BCUT2D eigenvalue weighted by Gasteiger charge is -2.18. The number of hydrogen-bond acceptors (Lipinski definition) is 3. The number of halogens is 2. The fourth-order valence-electron chi connectivity index (χ4n) is 2.88. The van der Waals surface area contributed by atoms with E-state index in [1.807, 2.05) is 0 Å². The zero-order chi connectivity index (χ0) is 18.8. The molecule has 1 heterocycles. The number of carbonyl (C=O) groups is 3. The van der Waals surface area contributed by atoms with E-state index >= 15 is 0 Å². The van der Waals surface area contributed by atoms with Gasteiger partial charge in [0, 0.05) is 29.2 Å². The van der Waals surface area contributed by atoms with Crippen LogP contribution in [-0.4, -0.2) is 24.1 Å². The van der Waals surface area contributed by atoms with Crippen molar-refractivity contribution < 1.29 is 14.4 Å². The first-order valence-corrected chi connectivity index (χ1v) is 8.78. The highest BCUT2D eigenvalue weighted by Crippen LogP contribution is 2.33. The molecule has 0 aromatic heterocycles. The van der Waals surface area contributed by atoms with Gasteiger partial charge in [0.15, 0.2) is 5.78 Å². The molecule has 1 unspecified atom stereocenters. The molecule has 3 rings (SSSR count). The van der Waals surface area contributed by atoms with Gasteiger partial charge < -0.3 is 10.2 Å². The van der Waals surface area contributed by atoms with E-state index in [1.54, 1.807) is 42.5 Å². The summed E-state index contributed by atoms with van der Waals surface area (Å²) in [5, 5.41) is 3.61.